The summed E-state index contributed by atoms with van der Waals surface area (Å²) in [6.07, 6.45) is 0.185. The van der Waals surface area contributed by atoms with E-state index in [4.69, 9.17) is 4.74 Å². The summed E-state index contributed by atoms with van der Waals surface area (Å²) in [6.45, 7) is 6.02. The van der Waals surface area contributed by atoms with Crippen molar-refractivity contribution in [2.75, 3.05) is 6.54 Å². The Morgan fingerprint density at radius 2 is 1.82 bits per heavy atom. The zero-order valence-corrected chi connectivity index (χ0v) is 16.6. The van der Waals surface area contributed by atoms with E-state index in [1.165, 1.54) is 12.1 Å². The van der Waals surface area contributed by atoms with Gasteiger partial charge in [-0.25, -0.2) is 9.18 Å². The number of aliphatic hydroxyl groups excluding tert-OH is 1. The van der Waals surface area contributed by atoms with Gasteiger partial charge < -0.3 is 14.7 Å². The van der Waals surface area contributed by atoms with Crippen molar-refractivity contribution in [1.29, 1.82) is 0 Å². The number of carbonyl (C=O) groups is 1. The van der Waals surface area contributed by atoms with Crippen LogP contribution in [0.3, 0.4) is 0 Å². The standard InChI is InChI=1S/C23H28FNO3/c1-23(2,3)28-22(27)25-14-8-13-19(25)21(26)20(16-9-5-4-6-10-16)17-11-7-12-18(24)15-17/h4-7,9-12,15,19-21,26H,8,13-14H2,1-3H3/t19-,20+,21-/m1/s1. The Hall–Kier alpha value is -2.40. The minimum absolute atomic E-state index is 0.346. The third kappa shape index (κ3) is 4.71. The number of likely N-dealkylation sites (tertiary alicyclic amines) is 1. The normalized spacial score (nSPS) is 19.3. The van der Waals surface area contributed by atoms with Gasteiger partial charge in [0, 0.05) is 12.5 Å². The summed E-state index contributed by atoms with van der Waals surface area (Å²) in [6, 6.07) is 15.5. The Bertz CT molecular complexity index is 803. The summed E-state index contributed by atoms with van der Waals surface area (Å²) in [7, 11) is 0. The van der Waals surface area contributed by atoms with E-state index in [0.29, 0.717) is 18.5 Å². The molecule has 150 valence electrons. The number of amides is 1. The zero-order chi connectivity index (χ0) is 20.3. The number of ether oxygens (including phenoxy) is 1. The quantitative estimate of drug-likeness (QED) is 0.829. The number of hydrogen-bond donors (Lipinski definition) is 1. The van der Waals surface area contributed by atoms with E-state index in [-0.39, 0.29) is 11.9 Å². The summed E-state index contributed by atoms with van der Waals surface area (Å²) >= 11 is 0. The van der Waals surface area contributed by atoms with Crippen molar-refractivity contribution in [3.05, 3.63) is 71.5 Å². The van der Waals surface area contributed by atoms with Crippen LogP contribution < -0.4 is 0 Å². The monoisotopic (exact) mass is 385 g/mol. The fourth-order valence-electron chi connectivity index (χ4n) is 3.86. The molecule has 2 aromatic rings. The minimum atomic E-state index is -0.876. The highest BCUT2D eigenvalue weighted by atomic mass is 19.1. The SMILES string of the molecule is CC(C)(C)OC(=O)N1CCC[C@@H]1[C@@H](O)[C@@H](c1ccccc1)c1cccc(F)c1. The summed E-state index contributed by atoms with van der Waals surface area (Å²) in [5.41, 5.74) is 0.975. The van der Waals surface area contributed by atoms with Crippen LogP contribution in [0.4, 0.5) is 9.18 Å². The van der Waals surface area contributed by atoms with Crippen LogP contribution in [0.2, 0.25) is 0 Å². The Labute approximate surface area is 165 Å². The molecule has 1 aliphatic heterocycles. The van der Waals surface area contributed by atoms with Gasteiger partial charge in [-0.3, -0.25) is 0 Å². The molecule has 2 aromatic carbocycles. The Morgan fingerprint density at radius 1 is 1.14 bits per heavy atom. The van der Waals surface area contributed by atoms with Crippen molar-refractivity contribution in [3.8, 4) is 0 Å². The van der Waals surface area contributed by atoms with Gasteiger partial charge in [0.2, 0.25) is 0 Å². The van der Waals surface area contributed by atoms with Gasteiger partial charge in [-0.15, -0.1) is 0 Å². The number of halogens is 1. The first-order valence-electron chi connectivity index (χ1n) is 9.74. The highest BCUT2D eigenvalue weighted by Crippen LogP contribution is 2.35. The van der Waals surface area contributed by atoms with E-state index in [9.17, 15) is 14.3 Å². The maximum absolute atomic E-state index is 13.9. The van der Waals surface area contributed by atoms with Crippen molar-refractivity contribution in [1.82, 2.24) is 4.90 Å². The second kappa shape index (κ2) is 8.31. The fraction of sp³-hybridized carbons (Fsp3) is 0.435. The van der Waals surface area contributed by atoms with Gasteiger partial charge in [0.05, 0.1) is 12.1 Å². The molecule has 0 spiro atoms. The van der Waals surface area contributed by atoms with Crippen molar-refractivity contribution in [2.24, 2.45) is 0 Å². The van der Waals surface area contributed by atoms with Crippen LogP contribution in [0.1, 0.15) is 50.7 Å². The average molecular weight is 385 g/mol. The third-order valence-electron chi connectivity index (χ3n) is 5.03. The van der Waals surface area contributed by atoms with Gasteiger partial charge in [-0.1, -0.05) is 42.5 Å². The van der Waals surface area contributed by atoms with Crippen molar-refractivity contribution < 1.29 is 19.0 Å². The molecule has 3 rings (SSSR count). The highest BCUT2D eigenvalue weighted by molar-refractivity contribution is 5.69. The van der Waals surface area contributed by atoms with Crippen molar-refractivity contribution in [3.63, 3.8) is 0 Å². The highest BCUT2D eigenvalue weighted by Gasteiger charge is 2.40. The lowest BCUT2D eigenvalue weighted by molar-refractivity contribution is 0.00254. The molecule has 1 fully saturated rings. The number of carbonyl (C=O) groups excluding carboxylic acids is 1. The Morgan fingerprint density at radius 3 is 2.46 bits per heavy atom. The lowest BCUT2D eigenvalue weighted by atomic mass is 9.83. The predicted octanol–water partition coefficient (Wildman–Crippen LogP) is 4.72. The van der Waals surface area contributed by atoms with Gasteiger partial charge in [-0.2, -0.15) is 0 Å². The smallest absolute Gasteiger partial charge is 0.410 e. The lowest BCUT2D eigenvalue weighted by Gasteiger charge is -2.35. The van der Waals surface area contributed by atoms with Crippen LogP contribution in [-0.4, -0.2) is 40.4 Å². The van der Waals surface area contributed by atoms with E-state index in [1.54, 1.807) is 11.0 Å². The fourth-order valence-corrected chi connectivity index (χ4v) is 3.86. The maximum atomic E-state index is 13.9. The molecule has 1 heterocycles. The van der Waals surface area contributed by atoms with E-state index in [1.807, 2.05) is 57.2 Å². The largest absolute Gasteiger partial charge is 0.444 e. The van der Waals surface area contributed by atoms with Crippen LogP contribution >= 0.6 is 0 Å². The molecule has 1 saturated heterocycles. The van der Waals surface area contributed by atoms with Crippen LogP contribution in [0, 0.1) is 5.82 Å². The van der Waals surface area contributed by atoms with Crippen molar-refractivity contribution >= 4 is 6.09 Å². The summed E-state index contributed by atoms with van der Waals surface area (Å²) in [5, 5.41) is 11.4. The molecular weight excluding hydrogens is 357 g/mol. The Kier molecular flexibility index (Phi) is 6.04. The molecule has 0 bridgehead atoms. The number of rotatable bonds is 4. The number of benzene rings is 2. The molecule has 28 heavy (non-hydrogen) atoms. The van der Waals surface area contributed by atoms with Gasteiger partial charge in [0.1, 0.15) is 11.4 Å². The number of aliphatic hydroxyl groups is 1. The van der Waals surface area contributed by atoms with Gasteiger partial charge in [0.15, 0.2) is 0 Å². The van der Waals surface area contributed by atoms with E-state index < -0.39 is 23.7 Å². The second-order valence-corrected chi connectivity index (χ2v) is 8.32. The second-order valence-electron chi connectivity index (χ2n) is 8.32. The van der Waals surface area contributed by atoms with Crippen LogP contribution in [0.5, 0.6) is 0 Å². The molecule has 1 N–H and O–H groups in total. The molecular formula is C23H28FNO3. The number of hydrogen-bond acceptors (Lipinski definition) is 3. The van der Waals surface area contributed by atoms with E-state index in [2.05, 4.69) is 0 Å². The molecule has 5 heteroatoms. The Balaban J connectivity index is 1.92. The average Bonchev–Trinajstić information content (AvgIpc) is 3.11. The van der Waals surface area contributed by atoms with Gasteiger partial charge in [-0.05, 0) is 56.9 Å². The van der Waals surface area contributed by atoms with Crippen LogP contribution in [0.15, 0.2) is 54.6 Å². The lowest BCUT2D eigenvalue weighted by Crippen LogP contribution is -2.47. The zero-order valence-electron chi connectivity index (χ0n) is 16.6. The molecule has 0 aliphatic carbocycles. The first kappa shape index (κ1) is 20.3. The molecule has 1 aliphatic rings. The number of nitrogens with zero attached hydrogens (tertiary/aromatic N) is 1. The van der Waals surface area contributed by atoms with Gasteiger partial charge in [0.25, 0.3) is 0 Å². The maximum Gasteiger partial charge on any atom is 0.410 e. The van der Waals surface area contributed by atoms with Crippen LogP contribution in [-0.2, 0) is 4.74 Å². The molecule has 0 saturated carbocycles. The van der Waals surface area contributed by atoms with Crippen LogP contribution in [0.25, 0.3) is 0 Å². The topological polar surface area (TPSA) is 49.8 Å². The van der Waals surface area contributed by atoms with E-state index in [0.717, 1.165) is 12.0 Å². The minimum Gasteiger partial charge on any atom is -0.444 e. The third-order valence-corrected chi connectivity index (χ3v) is 5.03. The summed E-state index contributed by atoms with van der Waals surface area (Å²) < 4.78 is 19.4. The molecule has 4 nitrogen and oxygen atoms in total. The summed E-state index contributed by atoms with van der Waals surface area (Å²) in [4.78, 5) is 14.3. The molecule has 0 aromatic heterocycles. The molecule has 0 radical (unpaired) electrons. The molecule has 1 amide bonds. The predicted molar refractivity (Wildman–Crippen MR) is 107 cm³/mol. The first-order chi connectivity index (χ1) is 13.3. The van der Waals surface area contributed by atoms with E-state index >= 15 is 0 Å². The summed E-state index contributed by atoms with van der Waals surface area (Å²) in [5.74, 6) is -0.786. The first-order valence-corrected chi connectivity index (χ1v) is 9.74. The molecule has 3 atom stereocenters. The molecule has 0 unspecified atom stereocenters. The van der Waals surface area contributed by atoms with Crippen molar-refractivity contribution in [2.45, 2.75) is 57.3 Å². The van der Waals surface area contributed by atoms with Gasteiger partial charge >= 0.3 is 6.09 Å².